The average molecular weight is 300 g/mol. The number of rotatable bonds is 5. The average Bonchev–Trinajstić information content (AvgIpc) is 2.91. The Hall–Kier alpha value is -2.06. The second-order valence-electron chi connectivity index (χ2n) is 3.88. The number of halogens is 1. The first-order valence-corrected chi connectivity index (χ1v) is 7.09. The van der Waals surface area contributed by atoms with Crippen LogP contribution in [0.25, 0.3) is 0 Å². The second-order valence-corrected chi connectivity index (χ2v) is 5.49. The van der Waals surface area contributed by atoms with Crippen LogP contribution in [0.3, 0.4) is 0 Å². The van der Waals surface area contributed by atoms with Crippen LogP contribution in [0.2, 0.25) is 0 Å². The van der Waals surface area contributed by atoms with E-state index in [1.807, 2.05) is 0 Å². The molecule has 0 aliphatic heterocycles. The number of nitrogens with two attached hydrogens (primary N) is 1. The molecule has 1 aromatic heterocycles. The Morgan fingerprint density at radius 2 is 2.10 bits per heavy atom. The Kier molecular flexibility index (Phi) is 3.96. The number of methoxy groups -OCH3 is 1. The molecule has 0 aliphatic carbocycles. The number of furan rings is 1. The lowest BCUT2D eigenvalue weighted by molar-refractivity contribution is 0.413. The Labute approximate surface area is 115 Å². The summed E-state index contributed by atoms with van der Waals surface area (Å²) in [5.41, 5.74) is 5.11. The number of benzene rings is 1. The Morgan fingerprint density at radius 1 is 1.35 bits per heavy atom. The molecule has 8 heteroatoms. The van der Waals surface area contributed by atoms with Gasteiger partial charge in [-0.1, -0.05) is 0 Å². The highest BCUT2D eigenvalue weighted by atomic mass is 32.2. The van der Waals surface area contributed by atoms with Gasteiger partial charge in [0, 0.05) is 6.07 Å². The van der Waals surface area contributed by atoms with Crippen molar-refractivity contribution in [2.45, 2.75) is 11.6 Å². The topological polar surface area (TPSA) is 94.6 Å². The summed E-state index contributed by atoms with van der Waals surface area (Å²) in [6, 6.07) is 6.41. The zero-order valence-electron chi connectivity index (χ0n) is 10.6. The first kappa shape index (κ1) is 14.4. The van der Waals surface area contributed by atoms with Crippen molar-refractivity contribution < 1.29 is 22.0 Å². The van der Waals surface area contributed by atoms with Crippen molar-refractivity contribution in [3.63, 3.8) is 0 Å². The molecule has 0 unspecified atom stereocenters. The molecule has 0 saturated heterocycles. The van der Waals surface area contributed by atoms with Gasteiger partial charge in [-0.15, -0.1) is 0 Å². The summed E-state index contributed by atoms with van der Waals surface area (Å²) in [6.45, 7) is 0.0725. The van der Waals surface area contributed by atoms with Crippen LogP contribution in [-0.2, 0) is 16.6 Å². The normalized spacial score (nSPS) is 11.3. The zero-order chi connectivity index (χ0) is 14.8. The van der Waals surface area contributed by atoms with Gasteiger partial charge in [0.05, 0.1) is 19.3 Å². The van der Waals surface area contributed by atoms with Gasteiger partial charge in [-0.3, -0.25) is 4.72 Å². The summed E-state index contributed by atoms with van der Waals surface area (Å²) >= 11 is 0. The van der Waals surface area contributed by atoms with E-state index in [-0.39, 0.29) is 17.3 Å². The molecule has 0 atom stereocenters. The standard InChI is InChI=1S/C12H13FN2O4S/c1-18-8-2-4-10(13)11(6-8)15-20(16,17)12-5-3-9(7-14)19-12/h2-6,15H,7,14H2,1H3. The summed E-state index contributed by atoms with van der Waals surface area (Å²) in [5.74, 6) is -0.0809. The molecule has 0 fully saturated rings. The molecule has 1 heterocycles. The van der Waals surface area contributed by atoms with Crippen LogP contribution >= 0.6 is 0 Å². The summed E-state index contributed by atoms with van der Waals surface area (Å²) in [5, 5.41) is -0.333. The number of hydrogen-bond acceptors (Lipinski definition) is 5. The largest absolute Gasteiger partial charge is 0.497 e. The van der Waals surface area contributed by atoms with E-state index < -0.39 is 15.8 Å². The van der Waals surface area contributed by atoms with E-state index in [0.29, 0.717) is 11.5 Å². The molecule has 0 bridgehead atoms. The molecule has 1 aromatic carbocycles. The van der Waals surface area contributed by atoms with Gasteiger partial charge in [-0.2, -0.15) is 8.42 Å². The lowest BCUT2D eigenvalue weighted by atomic mass is 10.3. The van der Waals surface area contributed by atoms with Crippen LogP contribution in [0.4, 0.5) is 10.1 Å². The van der Waals surface area contributed by atoms with Gasteiger partial charge >= 0.3 is 0 Å². The van der Waals surface area contributed by atoms with E-state index in [1.54, 1.807) is 0 Å². The Balaban J connectivity index is 2.32. The summed E-state index contributed by atoms with van der Waals surface area (Å²) in [6.07, 6.45) is 0. The second kappa shape index (κ2) is 5.51. The van der Waals surface area contributed by atoms with E-state index in [4.69, 9.17) is 14.9 Å². The van der Waals surface area contributed by atoms with Crippen molar-refractivity contribution in [2.75, 3.05) is 11.8 Å². The minimum absolute atomic E-state index is 0.0725. The smallest absolute Gasteiger partial charge is 0.295 e. The number of anilines is 1. The van der Waals surface area contributed by atoms with Gasteiger partial charge in [0.15, 0.2) is 0 Å². The molecule has 108 valence electrons. The van der Waals surface area contributed by atoms with Crippen molar-refractivity contribution in [3.8, 4) is 5.75 Å². The number of ether oxygens (including phenoxy) is 1. The molecule has 0 spiro atoms. The maximum absolute atomic E-state index is 13.6. The SMILES string of the molecule is COc1ccc(F)c(NS(=O)(=O)c2ccc(CN)o2)c1. The maximum atomic E-state index is 13.6. The number of hydrogen-bond donors (Lipinski definition) is 2. The lowest BCUT2D eigenvalue weighted by Crippen LogP contribution is -2.13. The first-order chi connectivity index (χ1) is 9.46. The van der Waals surface area contributed by atoms with Crippen LogP contribution in [0, 0.1) is 5.82 Å². The van der Waals surface area contributed by atoms with Crippen LogP contribution in [0.1, 0.15) is 5.76 Å². The Morgan fingerprint density at radius 3 is 2.70 bits per heavy atom. The fourth-order valence-electron chi connectivity index (χ4n) is 1.52. The maximum Gasteiger partial charge on any atom is 0.295 e. The molecule has 0 aliphatic rings. The van der Waals surface area contributed by atoms with Crippen molar-refractivity contribution in [1.29, 1.82) is 0 Å². The predicted molar refractivity (Wildman–Crippen MR) is 70.4 cm³/mol. The molecule has 2 aromatic rings. The molecule has 0 amide bonds. The van der Waals surface area contributed by atoms with Gasteiger partial charge < -0.3 is 14.9 Å². The highest BCUT2D eigenvalue weighted by Crippen LogP contribution is 2.24. The van der Waals surface area contributed by atoms with E-state index >= 15 is 0 Å². The Bertz CT molecular complexity index is 712. The third kappa shape index (κ3) is 2.91. The van der Waals surface area contributed by atoms with Crippen LogP contribution in [0.15, 0.2) is 39.8 Å². The fourth-order valence-corrected chi connectivity index (χ4v) is 2.53. The molecule has 2 rings (SSSR count). The highest BCUT2D eigenvalue weighted by Gasteiger charge is 2.20. The molecule has 3 N–H and O–H groups in total. The molecule has 20 heavy (non-hydrogen) atoms. The fraction of sp³-hybridized carbons (Fsp3) is 0.167. The minimum atomic E-state index is -4.02. The summed E-state index contributed by atoms with van der Waals surface area (Å²) in [7, 11) is -2.62. The first-order valence-electron chi connectivity index (χ1n) is 5.61. The molecular weight excluding hydrogens is 287 g/mol. The summed E-state index contributed by atoms with van der Waals surface area (Å²) in [4.78, 5) is 0. The van der Waals surface area contributed by atoms with E-state index in [1.165, 1.54) is 31.4 Å². The van der Waals surface area contributed by atoms with Gasteiger partial charge in [0.25, 0.3) is 10.0 Å². The van der Waals surface area contributed by atoms with Gasteiger partial charge in [0.1, 0.15) is 17.3 Å². The van der Waals surface area contributed by atoms with E-state index in [2.05, 4.69) is 4.72 Å². The van der Waals surface area contributed by atoms with Crippen molar-refractivity contribution in [2.24, 2.45) is 5.73 Å². The summed E-state index contributed by atoms with van der Waals surface area (Å²) < 4.78 is 49.7. The van der Waals surface area contributed by atoms with Crippen molar-refractivity contribution >= 4 is 15.7 Å². The van der Waals surface area contributed by atoms with Gasteiger partial charge in [-0.25, -0.2) is 4.39 Å². The molecule has 0 saturated carbocycles. The van der Waals surface area contributed by atoms with Crippen molar-refractivity contribution in [1.82, 2.24) is 0 Å². The third-order valence-electron chi connectivity index (χ3n) is 2.52. The van der Waals surface area contributed by atoms with Crippen LogP contribution in [0.5, 0.6) is 5.75 Å². The van der Waals surface area contributed by atoms with E-state index in [0.717, 1.165) is 6.07 Å². The monoisotopic (exact) mass is 300 g/mol. The number of nitrogens with one attached hydrogen (secondary N) is 1. The van der Waals surface area contributed by atoms with Crippen LogP contribution in [-0.4, -0.2) is 15.5 Å². The van der Waals surface area contributed by atoms with Crippen molar-refractivity contribution in [3.05, 3.63) is 41.9 Å². The quantitative estimate of drug-likeness (QED) is 0.876. The molecule has 0 radical (unpaired) electrons. The number of sulfonamides is 1. The molecule has 6 nitrogen and oxygen atoms in total. The minimum Gasteiger partial charge on any atom is -0.497 e. The zero-order valence-corrected chi connectivity index (χ0v) is 11.4. The lowest BCUT2D eigenvalue weighted by Gasteiger charge is -2.08. The van der Waals surface area contributed by atoms with Gasteiger partial charge in [-0.05, 0) is 24.3 Å². The van der Waals surface area contributed by atoms with Gasteiger partial charge in [0.2, 0.25) is 5.09 Å². The van der Waals surface area contributed by atoms with E-state index in [9.17, 15) is 12.8 Å². The molecular formula is C12H13FN2O4S. The highest BCUT2D eigenvalue weighted by molar-refractivity contribution is 7.92. The third-order valence-corrected chi connectivity index (χ3v) is 3.76. The predicted octanol–water partition coefficient (Wildman–Crippen LogP) is 1.69. The van der Waals surface area contributed by atoms with Crippen LogP contribution < -0.4 is 15.2 Å².